The number of benzene rings is 2. The Morgan fingerprint density at radius 1 is 1.20 bits per heavy atom. The van der Waals surface area contributed by atoms with Gasteiger partial charge in [-0.2, -0.15) is 0 Å². The average molecular weight is 614 g/mol. The van der Waals surface area contributed by atoms with Crippen molar-refractivity contribution in [3.05, 3.63) is 55.1 Å². The molecule has 40 heavy (non-hydrogen) atoms. The second-order valence-electron chi connectivity index (χ2n) is 10.9. The molecule has 3 heterocycles. The van der Waals surface area contributed by atoms with Gasteiger partial charge in [0.25, 0.3) is 5.91 Å². The number of amides is 2. The summed E-state index contributed by atoms with van der Waals surface area (Å²) < 4.78 is 12.0. The Morgan fingerprint density at radius 2 is 1.95 bits per heavy atom. The fraction of sp³-hybridized carbons (Fsp3) is 0.516. The Bertz CT molecular complexity index is 1290. The van der Waals surface area contributed by atoms with E-state index in [2.05, 4.69) is 22.5 Å². The highest BCUT2D eigenvalue weighted by Crippen LogP contribution is 2.60. The highest BCUT2D eigenvalue weighted by atomic mass is 79.9. The minimum absolute atomic E-state index is 0.125. The highest BCUT2D eigenvalue weighted by Gasteiger charge is 2.77. The summed E-state index contributed by atoms with van der Waals surface area (Å²) in [7, 11) is 0. The van der Waals surface area contributed by atoms with Crippen LogP contribution in [-0.2, 0) is 23.9 Å². The van der Waals surface area contributed by atoms with Gasteiger partial charge < -0.3 is 24.4 Å². The Hall–Kier alpha value is -2.75. The van der Waals surface area contributed by atoms with E-state index in [9.17, 15) is 14.4 Å². The van der Waals surface area contributed by atoms with Crippen LogP contribution in [0.2, 0.25) is 0 Å². The van der Waals surface area contributed by atoms with Gasteiger partial charge in [-0.3, -0.25) is 14.4 Å². The lowest BCUT2D eigenvalue weighted by molar-refractivity contribution is -0.154. The van der Waals surface area contributed by atoms with E-state index in [-0.39, 0.29) is 36.4 Å². The second-order valence-corrected chi connectivity index (χ2v) is 12.0. The Labute approximate surface area is 243 Å². The zero-order chi connectivity index (χ0) is 28.4. The van der Waals surface area contributed by atoms with Crippen LogP contribution in [-0.4, -0.2) is 76.7 Å². The van der Waals surface area contributed by atoms with Crippen LogP contribution in [0.15, 0.2) is 55.1 Å². The first-order valence-electron chi connectivity index (χ1n) is 14.2. The first kappa shape index (κ1) is 28.8. The van der Waals surface area contributed by atoms with Gasteiger partial charge in [-0.05, 0) is 49.1 Å². The molecular formula is C31H37BrN2O6. The van der Waals surface area contributed by atoms with Crippen LogP contribution in [0.4, 0.5) is 5.69 Å². The molecule has 3 aliphatic heterocycles. The quantitative estimate of drug-likeness (QED) is 0.167. The summed E-state index contributed by atoms with van der Waals surface area (Å²) in [6, 6.07) is 12.9. The SMILES string of the molecule is C=CCN(C(=O)C1N(CCCCCCO)C(=O)[C@@H]2[C@@H](C(=O)OCC)[C@@H]3OC12CC3Br)c1ccc2ccccc2c1. The zero-order valence-corrected chi connectivity index (χ0v) is 24.4. The molecule has 2 bridgehead atoms. The van der Waals surface area contributed by atoms with Gasteiger partial charge in [-0.15, -0.1) is 6.58 Å². The third-order valence-corrected chi connectivity index (χ3v) is 9.36. The lowest BCUT2D eigenvalue weighted by atomic mass is 9.70. The average Bonchev–Trinajstić information content (AvgIpc) is 3.54. The van der Waals surface area contributed by atoms with Gasteiger partial charge in [0.05, 0.1) is 24.5 Å². The van der Waals surface area contributed by atoms with Crippen LogP contribution in [0.1, 0.15) is 39.0 Å². The largest absolute Gasteiger partial charge is 0.466 e. The molecule has 0 aliphatic carbocycles. The summed E-state index contributed by atoms with van der Waals surface area (Å²) in [5, 5.41) is 11.2. The maximum Gasteiger partial charge on any atom is 0.312 e. The maximum atomic E-state index is 14.6. The maximum absolute atomic E-state index is 14.6. The summed E-state index contributed by atoms with van der Waals surface area (Å²) in [6.45, 7) is 6.59. The van der Waals surface area contributed by atoms with E-state index in [1.54, 1.807) is 22.8 Å². The molecule has 0 radical (unpaired) electrons. The lowest BCUT2D eigenvalue weighted by Gasteiger charge is -2.37. The van der Waals surface area contributed by atoms with Crippen molar-refractivity contribution in [2.24, 2.45) is 11.8 Å². The van der Waals surface area contributed by atoms with Crippen molar-refractivity contribution in [3.63, 3.8) is 0 Å². The van der Waals surface area contributed by atoms with Crippen LogP contribution in [0.5, 0.6) is 0 Å². The van der Waals surface area contributed by atoms with Gasteiger partial charge in [0, 0.05) is 30.2 Å². The van der Waals surface area contributed by atoms with E-state index >= 15 is 0 Å². The van der Waals surface area contributed by atoms with E-state index in [0.29, 0.717) is 31.5 Å². The number of fused-ring (bicyclic) bond motifs is 2. The molecule has 3 unspecified atom stereocenters. The number of rotatable bonds is 12. The van der Waals surface area contributed by atoms with Gasteiger partial charge in [0.15, 0.2) is 0 Å². The molecule has 2 aromatic carbocycles. The Morgan fingerprint density at radius 3 is 2.67 bits per heavy atom. The molecule has 2 amide bonds. The van der Waals surface area contributed by atoms with Crippen molar-refractivity contribution in [2.45, 2.75) is 61.6 Å². The van der Waals surface area contributed by atoms with E-state index in [4.69, 9.17) is 14.6 Å². The summed E-state index contributed by atoms with van der Waals surface area (Å²) in [5.41, 5.74) is -0.421. The predicted octanol–water partition coefficient (Wildman–Crippen LogP) is 4.22. The van der Waals surface area contributed by atoms with Crippen LogP contribution >= 0.6 is 15.9 Å². The molecular weight excluding hydrogens is 576 g/mol. The molecule has 5 rings (SSSR count). The van der Waals surface area contributed by atoms with Crippen LogP contribution in [0.25, 0.3) is 10.8 Å². The number of esters is 1. The van der Waals surface area contributed by atoms with E-state index in [1.807, 2.05) is 42.5 Å². The molecule has 214 valence electrons. The fourth-order valence-electron chi connectivity index (χ4n) is 6.85. The van der Waals surface area contributed by atoms with Crippen molar-refractivity contribution in [1.29, 1.82) is 0 Å². The monoisotopic (exact) mass is 612 g/mol. The van der Waals surface area contributed by atoms with Gasteiger partial charge in [-0.25, -0.2) is 0 Å². The van der Waals surface area contributed by atoms with Crippen LogP contribution in [0, 0.1) is 11.8 Å². The summed E-state index contributed by atoms with van der Waals surface area (Å²) >= 11 is 3.70. The summed E-state index contributed by atoms with van der Waals surface area (Å²) in [5.74, 6) is -2.47. The third kappa shape index (κ3) is 4.86. The first-order chi connectivity index (χ1) is 19.4. The third-order valence-electron chi connectivity index (χ3n) is 8.51. The van der Waals surface area contributed by atoms with Gasteiger partial charge in [-0.1, -0.05) is 65.2 Å². The van der Waals surface area contributed by atoms with Crippen LogP contribution < -0.4 is 4.90 Å². The van der Waals surface area contributed by atoms with Crippen molar-refractivity contribution < 1.29 is 29.0 Å². The number of aliphatic hydroxyl groups is 1. The molecule has 3 aliphatic rings. The highest BCUT2D eigenvalue weighted by molar-refractivity contribution is 9.09. The summed E-state index contributed by atoms with van der Waals surface area (Å²) in [4.78, 5) is 45.0. The molecule has 9 heteroatoms. The topological polar surface area (TPSA) is 96.4 Å². The number of hydrogen-bond acceptors (Lipinski definition) is 6. The summed E-state index contributed by atoms with van der Waals surface area (Å²) in [6.07, 6.45) is 4.61. The van der Waals surface area contributed by atoms with Gasteiger partial charge >= 0.3 is 5.97 Å². The number of alkyl halides is 1. The molecule has 3 fully saturated rings. The van der Waals surface area contributed by atoms with Crippen LogP contribution in [0.3, 0.4) is 0 Å². The smallest absolute Gasteiger partial charge is 0.312 e. The zero-order valence-electron chi connectivity index (χ0n) is 22.8. The normalized spacial score (nSPS) is 28.6. The number of likely N-dealkylation sites (tertiary alicyclic amines) is 1. The number of hydrogen-bond donors (Lipinski definition) is 1. The van der Waals surface area contributed by atoms with Gasteiger partial charge in [0.1, 0.15) is 11.6 Å². The van der Waals surface area contributed by atoms with Crippen molar-refractivity contribution in [2.75, 3.05) is 31.2 Å². The molecule has 0 aromatic heterocycles. The number of nitrogens with zero attached hydrogens (tertiary/aromatic N) is 2. The number of aliphatic hydroxyl groups excluding tert-OH is 1. The van der Waals surface area contributed by atoms with E-state index in [0.717, 1.165) is 23.6 Å². The number of ether oxygens (including phenoxy) is 2. The Kier molecular flexibility index (Phi) is 8.63. The molecule has 0 saturated carbocycles. The number of unbranched alkanes of at least 4 members (excludes halogenated alkanes) is 3. The molecule has 2 aromatic rings. The van der Waals surface area contributed by atoms with Crippen molar-refractivity contribution in [3.8, 4) is 0 Å². The fourth-order valence-corrected chi connectivity index (χ4v) is 7.79. The first-order valence-corrected chi connectivity index (χ1v) is 15.1. The Balaban J connectivity index is 1.54. The number of carbonyl (C=O) groups is 3. The minimum atomic E-state index is -1.13. The standard InChI is InChI=1S/C31H37BrN2O6/c1-3-15-33(22-14-13-20-11-7-8-12-21(20)18-22)29(37)27-31-19-23(32)26(40-31)24(30(38)39-4-2)25(31)28(36)34(27)16-9-5-6-10-17-35/h3,7-8,11-14,18,23-27,35H,1,4-6,9-10,15-17,19H2,2H3/t23?,24-,25+,26-,27?,31?/m1/s1. The lowest BCUT2D eigenvalue weighted by Crippen LogP contribution is -2.57. The van der Waals surface area contributed by atoms with E-state index in [1.165, 1.54) is 0 Å². The van der Waals surface area contributed by atoms with Crippen molar-refractivity contribution in [1.82, 2.24) is 4.90 Å². The van der Waals surface area contributed by atoms with Crippen molar-refractivity contribution >= 4 is 50.2 Å². The predicted molar refractivity (Wildman–Crippen MR) is 156 cm³/mol. The number of carbonyl (C=O) groups excluding carboxylic acids is 3. The molecule has 3 saturated heterocycles. The number of anilines is 1. The van der Waals surface area contributed by atoms with Gasteiger partial charge in [0.2, 0.25) is 5.91 Å². The molecule has 8 nitrogen and oxygen atoms in total. The minimum Gasteiger partial charge on any atom is -0.466 e. The second kappa shape index (κ2) is 12.0. The van der Waals surface area contributed by atoms with E-state index < -0.39 is 35.6 Å². The molecule has 1 N–H and O–H groups in total. The molecule has 6 atom stereocenters. The number of halogens is 1. The molecule has 1 spiro atoms.